The maximum Gasteiger partial charge on any atom is 0.00608 e. The van der Waals surface area contributed by atoms with Gasteiger partial charge in [-0.05, 0) is 30.0 Å². The molecule has 0 saturated heterocycles. The van der Waals surface area contributed by atoms with Gasteiger partial charge in [0.05, 0.1) is 0 Å². The minimum absolute atomic E-state index is 0. The van der Waals surface area contributed by atoms with E-state index in [2.05, 4.69) is 114 Å². The molecule has 0 nitrogen and oxygen atoms in total. The number of hydrogen-bond acceptors (Lipinski definition) is 0. The van der Waals surface area contributed by atoms with E-state index in [1.165, 1.54) is 42.4 Å². The highest BCUT2D eigenvalue weighted by Gasteiger charge is 2.07. The van der Waals surface area contributed by atoms with E-state index in [9.17, 15) is 0 Å². The van der Waals surface area contributed by atoms with Gasteiger partial charge in [-0.25, -0.2) is 0 Å². The molecule has 1 atom stereocenters. The third-order valence-electron chi connectivity index (χ3n) is 4.97. The molecular formula is C33H50. The van der Waals surface area contributed by atoms with Crippen LogP contribution in [0.4, 0.5) is 0 Å². The van der Waals surface area contributed by atoms with Gasteiger partial charge >= 0.3 is 0 Å². The van der Waals surface area contributed by atoms with Crippen molar-refractivity contribution in [2.24, 2.45) is 0 Å². The Hall–Kier alpha value is -2.60. The van der Waals surface area contributed by atoms with Crippen LogP contribution in [0, 0.1) is 0 Å². The monoisotopic (exact) mass is 446 g/mol. The Morgan fingerprint density at radius 1 is 0.758 bits per heavy atom. The lowest BCUT2D eigenvalue weighted by Crippen LogP contribution is -1.95. The van der Waals surface area contributed by atoms with Crippen molar-refractivity contribution in [1.82, 2.24) is 0 Å². The lowest BCUT2D eigenvalue weighted by Gasteiger charge is -2.12. The molecule has 0 heteroatoms. The zero-order chi connectivity index (χ0) is 23.9. The quantitative estimate of drug-likeness (QED) is 0.428. The molecule has 3 rings (SSSR count). The van der Waals surface area contributed by atoms with E-state index in [1.54, 1.807) is 0 Å². The van der Waals surface area contributed by atoms with Gasteiger partial charge in [0.15, 0.2) is 0 Å². The molecule has 0 aromatic heterocycles. The van der Waals surface area contributed by atoms with Gasteiger partial charge in [-0.2, -0.15) is 0 Å². The Balaban J connectivity index is 0. The lowest BCUT2D eigenvalue weighted by atomic mass is 9.92. The second kappa shape index (κ2) is 24.1. The second-order valence-corrected chi connectivity index (χ2v) is 7.78. The number of rotatable bonds is 5. The van der Waals surface area contributed by atoms with Gasteiger partial charge in [-0.1, -0.05) is 171 Å². The number of unbranched alkanes of at least 4 members (excludes halogenated alkanes) is 2. The molecular weight excluding hydrogens is 396 g/mol. The fourth-order valence-corrected chi connectivity index (χ4v) is 2.58. The van der Waals surface area contributed by atoms with E-state index >= 15 is 0 Å². The Morgan fingerprint density at radius 2 is 1.27 bits per heavy atom. The Kier molecular flexibility index (Phi) is 23.7. The molecule has 0 heterocycles. The van der Waals surface area contributed by atoms with Crippen molar-refractivity contribution in [3.8, 4) is 0 Å². The van der Waals surface area contributed by atoms with Crippen LogP contribution in [0.2, 0.25) is 0 Å². The summed E-state index contributed by atoms with van der Waals surface area (Å²) in [5.74, 6) is 0.477. The van der Waals surface area contributed by atoms with Crippen LogP contribution in [0.1, 0.15) is 98.1 Å². The smallest absolute Gasteiger partial charge is 0.00608 e. The Labute approximate surface area is 206 Å². The fraction of sp³-hybridized carbons (Fsp3) is 0.394. The summed E-state index contributed by atoms with van der Waals surface area (Å²) in [7, 11) is 0. The number of allylic oxidation sites excluding steroid dienone is 7. The van der Waals surface area contributed by atoms with Crippen LogP contribution in [-0.4, -0.2) is 0 Å². The molecule has 2 aromatic rings. The summed E-state index contributed by atoms with van der Waals surface area (Å²) >= 11 is 0. The maximum atomic E-state index is 2.25. The highest BCUT2D eigenvalue weighted by Crippen LogP contribution is 2.25. The van der Waals surface area contributed by atoms with Crippen LogP contribution in [0.5, 0.6) is 0 Å². The third kappa shape index (κ3) is 17.6. The van der Waals surface area contributed by atoms with Gasteiger partial charge in [0, 0.05) is 5.92 Å². The molecule has 1 aliphatic carbocycles. The van der Waals surface area contributed by atoms with Crippen molar-refractivity contribution in [1.29, 1.82) is 0 Å². The van der Waals surface area contributed by atoms with Crippen LogP contribution in [0.15, 0.2) is 103 Å². The molecule has 0 amide bonds. The van der Waals surface area contributed by atoms with Crippen LogP contribution in [0.3, 0.4) is 0 Å². The molecule has 2 aromatic carbocycles. The second-order valence-electron chi connectivity index (χ2n) is 7.78. The molecule has 1 aliphatic rings. The van der Waals surface area contributed by atoms with Gasteiger partial charge in [-0.3, -0.25) is 0 Å². The standard InChI is InChI=1S/C15H16.C9H10.2C4H10.CH4/c1-13(15-11-7-4-8-12-15)14-9-5-2-3-6-10-14;1-2-6-9-7-4-3-5-8-9;2*1-3-4-2;/h2,4-13H,3H2,1H3;2-8H,1H3;2*3-4H2,1-2H3;1H4/b;6-2+;;;. The summed E-state index contributed by atoms with van der Waals surface area (Å²) in [6.07, 6.45) is 21.4. The summed E-state index contributed by atoms with van der Waals surface area (Å²) < 4.78 is 0. The Bertz CT molecular complexity index is 752. The van der Waals surface area contributed by atoms with Gasteiger partial charge in [-0.15, -0.1) is 0 Å². The average molecular weight is 447 g/mol. The lowest BCUT2D eigenvalue weighted by molar-refractivity contribution is 0.886. The molecule has 0 fully saturated rings. The van der Waals surface area contributed by atoms with Crippen LogP contribution >= 0.6 is 0 Å². The fourth-order valence-electron chi connectivity index (χ4n) is 2.58. The predicted molar refractivity (Wildman–Crippen MR) is 155 cm³/mol. The topological polar surface area (TPSA) is 0 Å². The molecule has 0 N–H and O–H groups in total. The minimum Gasteiger partial charge on any atom is -0.0871 e. The first-order valence-electron chi connectivity index (χ1n) is 12.4. The van der Waals surface area contributed by atoms with Crippen molar-refractivity contribution in [2.45, 2.75) is 87.0 Å². The predicted octanol–water partition coefficient (Wildman–Crippen LogP) is 11.2. The van der Waals surface area contributed by atoms with Gasteiger partial charge in [0.1, 0.15) is 0 Å². The third-order valence-corrected chi connectivity index (χ3v) is 4.97. The molecule has 0 aliphatic heterocycles. The summed E-state index contributed by atoms with van der Waals surface area (Å²) in [6.45, 7) is 13.0. The largest absolute Gasteiger partial charge is 0.0871 e. The first kappa shape index (κ1) is 32.6. The maximum absolute atomic E-state index is 2.25. The summed E-state index contributed by atoms with van der Waals surface area (Å²) in [6, 6.07) is 20.9. The number of benzene rings is 2. The van der Waals surface area contributed by atoms with Gasteiger partial charge in [0.2, 0.25) is 0 Å². The normalized spacial score (nSPS) is 12.4. The van der Waals surface area contributed by atoms with E-state index in [4.69, 9.17) is 0 Å². The minimum atomic E-state index is 0. The molecule has 0 radical (unpaired) electrons. The molecule has 0 saturated carbocycles. The highest BCUT2D eigenvalue weighted by molar-refractivity contribution is 5.48. The van der Waals surface area contributed by atoms with Crippen LogP contribution < -0.4 is 0 Å². The van der Waals surface area contributed by atoms with Crippen molar-refractivity contribution in [3.05, 3.63) is 114 Å². The van der Waals surface area contributed by atoms with Crippen LogP contribution in [0.25, 0.3) is 6.08 Å². The Morgan fingerprint density at radius 3 is 1.76 bits per heavy atom. The molecule has 1 unspecified atom stereocenters. The van der Waals surface area contributed by atoms with E-state index in [0.717, 1.165) is 6.42 Å². The van der Waals surface area contributed by atoms with Gasteiger partial charge < -0.3 is 0 Å². The van der Waals surface area contributed by atoms with E-state index < -0.39 is 0 Å². The van der Waals surface area contributed by atoms with Crippen molar-refractivity contribution in [2.75, 3.05) is 0 Å². The SMILES string of the molecule is C.C/C=C/c1ccccc1.CC(C1=CC=CCC=C1)c1ccccc1.CCCC.CCCC. The summed E-state index contributed by atoms with van der Waals surface area (Å²) in [5.41, 5.74) is 4.03. The summed E-state index contributed by atoms with van der Waals surface area (Å²) in [5, 5.41) is 0. The molecule has 0 spiro atoms. The van der Waals surface area contributed by atoms with Crippen LogP contribution in [-0.2, 0) is 0 Å². The highest BCUT2D eigenvalue weighted by atomic mass is 14.1. The van der Waals surface area contributed by atoms with Gasteiger partial charge in [0.25, 0.3) is 0 Å². The molecule has 0 bridgehead atoms. The summed E-state index contributed by atoms with van der Waals surface area (Å²) in [4.78, 5) is 0. The zero-order valence-corrected chi connectivity index (χ0v) is 21.4. The zero-order valence-electron chi connectivity index (χ0n) is 21.4. The van der Waals surface area contributed by atoms with Crippen molar-refractivity contribution >= 4 is 6.08 Å². The van der Waals surface area contributed by atoms with E-state index in [0.29, 0.717) is 5.92 Å². The molecule has 182 valence electrons. The van der Waals surface area contributed by atoms with Crippen molar-refractivity contribution in [3.63, 3.8) is 0 Å². The van der Waals surface area contributed by atoms with Crippen molar-refractivity contribution < 1.29 is 0 Å². The molecule has 33 heavy (non-hydrogen) atoms. The first-order chi connectivity index (χ1) is 15.6. The van der Waals surface area contributed by atoms with E-state index in [-0.39, 0.29) is 7.43 Å². The first-order valence-corrected chi connectivity index (χ1v) is 12.4. The van der Waals surface area contributed by atoms with E-state index in [1.807, 2.05) is 31.2 Å². The average Bonchev–Trinajstić information content (AvgIpc) is 3.15. The number of hydrogen-bond donors (Lipinski definition) is 0.